The number of carbonyl (C=O) groups is 2. The minimum Gasteiger partial charge on any atom is -0.382 e. The number of nitrogens with zero attached hydrogens (tertiary/aromatic N) is 1. The lowest BCUT2D eigenvalue weighted by atomic mass is 9.84. The van der Waals surface area contributed by atoms with Crippen LogP contribution in [0.3, 0.4) is 0 Å². The maximum atomic E-state index is 12.7. The van der Waals surface area contributed by atoms with Gasteiger partial charge in [-0.15, -0.1) is 0 Å². The topological polar surface area (TPSA) is 67.9 Å². The molecule has 1 N–H and O–H groups in total. The monoisotopic (exact) mass is 300 g/mol. The largest absolute Gasteiger partial charge is 0.382 e. The molecule has 0 aliphatic carbocycles. The first kappa shape index (κ1) is 17.9. The second-order valence-corrected chi connectivity index (χ2v) is 5.83. The first-order valence-electron chi connectivity index (χ1n) is 7.57. The second-order valence-electron chi connectivity index (χ2n) is 5.83. The molecule has 1 rings (SSSR count). The quantitative estimate of drug-likeness (QED) is 0.678. The number of methoxy groups -OCH3 is 1. The Labute approximate surface area is 127 Å². The van der Waals surface area contributed by atoms with Crippen molar-refractivity contribution < 1.29 is 19.1 Å². The van der Waals surface area contributed by atoms with Gasteiger partial charge >= 0.3 is 0 Å². The molecule has 1 fully saturated rings. The summed E-state index contributed by atoms with van der Waals surface area (Å²) in [5.41, 5.74) is -1.63. The number of carbonyl (C=O) groups excluding carboxylic acids is 2. The third-order valence-corrected chi connectivity index (χ3v) is 4.48. The average Bonchev–Trinajstić information content (AvgIpc) is 2.48. The van der Waals surface area contributed by atoms with Crippen molar-refractivity contribution in [2.75, 3.05) is 33.5 Å². The van der Waals surface area contributed by atoms with E-state index >= 15 is 0 Å². The summed E-state index contributed by atoms with van der Waals surface area (Å²) in [5.74, 6) is -0.130. The van der Waals surface area contributed by atoms with Gasteiger partial charge in [-0.2, -0.15) is 0 Å². The maximum Gasteiger partial charge on any atom is 0.248 e. The van der Waals surface area contributed by atoms with Crippen molar-refractivity contribution in [2.24, 2.45) is 0 Å². The molecular formula is C15H28N2O4. The van der Waals surface area contributed by atoms with E-state index in [1.165, 1.54) is 0 Å². The SMILES string of the molecule is CCC1(C)NC(=O)C(C)(CC)N(CCOCCOC)C1=O. The molecule has 0 bridgehead atoms. The van der Waals surface area contributed by atoms with Crippen LogP contribution in [0.1, 0.15) is 40.5 Å². The zero-order valence-electron chi connectivity index (χ0n) is 13.8. The molecule has 1 saturated heterocycles. The van der Waals surface area contributed by atoms with Gasteiger partial charge in [0.25, 0.3) is 0 Å². The highest BCUT2D eigenvalue weighted by atomic mass is 16.5. The van der Waals surface area contributed by atoms with E-state index in [0.717, 1.165) is 0 Å². The standard InChI is InChI=1S/C15H28N2O4/c1-6-14(3)13(19)17(8-9-21-11-10-20-5)15(4,7-2)12(18)16-14/h6-11H2,1-5H3,(H,16,18). The maximum absolute atomic E-state index is 12.7. The molecule has 2 unspecified atom stereocenters. The molecule has 1 aliphatic heterocycles. The van der Waals surface area contributed by atoms with Crippen LogP contribution in [0.2, 0.25) is 0 Å². The smallest absolute Gasteiger partial charge is 0.248 e. The summed E-state index contributed by atoms with van der Waals surface area (Å²) in [6.07, 6.45) is 1.14. The van der Waals surface area contributed by atoms with E-state index in [4.69, 9.17) is 9.47 Å². The average molecular weight is 300 g/mol. The third-order valence-electron chi connectivity index (χ3n) is 4.48. The summed E-state index contributed by atoms with van der Waals surface area (Å²) in [6, 6.07) is 0. The molecule has 0 spiro atoms. The lowest BCUT2D eigenvalue weighted by molar-refractivity contribution is -0.163. The Bertz CT molecular complexity index is 388. The van der Waals surface area contributed by atoms with Gasteiger partial charge in [0.1, 0.15) is 11.1 Å². The predicted molar refractivity (Wildman–Crippen MR) is 79.9 cm³/mol. The first-order valence-corrected chi connectivity index (χ1v) is 7.57. The fourth-order valence-electron chi connectivity index (χ4n) is 2.42. The van der Waals surface area contributed by atoms with Gasteiger partial charge in [-0.1, -0.05) is 13.8 Å². The molecule has 6 nitrogen and oxygen atoms in total. The highest BCUT2D eigenvalue weighted by molar-refractivity contribution is 6.01. The molecule has 122 valence electrons. The summed E-state index contributed by atoms with van der Waals surface area (Å²) < 4.78 is 10.4. The summed E-state index contributed by atoms with van der Waals surface area (Å²) in [7, 11) is 1.61. The Morgan fingerprint density at radius 3 is 2.29 bits per heavy atom. The highest BCUT2D eigenvalue weighted by Crippen LogP contribution is 2.30. The van der Waals surface area contributed by atoms with Crippen molar-refractivity contribution in [1.29, 1.82) is 0 Å². The third kappa shape index (κ3) is 3.55. The summed E-state index contributed by atoms with van der Waals surface area (Å²) in [6.45, 7) is 9.23. The molecule has 0 aromatic rings. The molecule has 2 atom stereocenters. The Morgan fingerprint density at radius 1 is 1.10 bits per heavy atom. The van der Waals surface area contributed by atoms with Gasteiger partial charge < -0.3 is 19.7 Å². The van der Waals surface area contributed by atoms with Gasteiger partial charge in [-0.25, -0.2) is 0 Å². The molecular weight excluding hydrogens is 272 g/mol. The Morgan fingerprint density at radius 2 is 1.76 bits per heavy atom. The van der Waals surface area contributed by atoms with Crippen LogP contribution in [0, 0.1) is 0 Å². The van der Waals surface area contributed by atoms with Crippen LogP contribution in [0.5, 0.6) is 0 Å². The number of hydrogen-bond acceptors (Lipinski definition) is 4. The summed E-state index contributed by atoms with van der Waals surface area (Å²) in [5, 5.41) is 2.88. The van der Waals surface area contributed by atoms with Gasteiger partial charge in [0.2, 0.25) is 11.8 Å². The second kappa shape index (κ2) is 7.22. The zero-order chi connectivity index (χ0) is 16.1. The number of amides is 2. The Hall–Kier alpha value is -1.14. The van der Waals surface area contributed by atoms with Gasteiger partial charge in [0, 0.05) is 13.7 Å². The molecule has 1 heterocycles. The number of hydrogen-bond donors (Lipinski definition) is 1. The van der Waals surface area contributed by atoms with Crippen molar-refractivity contribution >= 4 is 11.8 Å². The normalized spacial score (nSPS) is 29.7. The molecule has 1 aliphatic rings. The van der Waals surface area contributed by atoms with E-state index in [-0.39, 0.29) is 11.8 Å². The van der Waals surface area contributed by atoms with Gasteiger partial charge in [0.05, 0.1) is 19.8 Å². The van der Waals surface area contributed by atoms with Crippen LogP contribution in [0.4, 0.5) is 0 Å². The molecule has 21 heavy (non-hydrogen) atoms. The van der Waals surface area contributed by atoms with Crippen molar-refractivity contribution in [1.82, 2.24) is 10.2 Å². The summed E-state index contributed by atoms with van der Waals surface area (Å²) in [4.78, 5) is 26.9. The van der Waals surface area contributed by atoms with Crippen LogP contribution < -0.4 is 5.32 Å². The number of nitrogens with one attached hydrogen (secondary N) is 1. The number of ether oxygens (including phenoxy) is 2. The van der Waals surface area contributed by atoms with Crippen LogP contribution in [0.25, 0.3) is 0 Å². The fraction of sp³-hybridized carbons (Fsp3) is 0.867. The lowest BCUT2D eigenvalue weighted by Gasteiger charge is -2.49. The van der Waals surface area contributed by atoms with Crippen LogP contribution >= 0.6 is 0 Å². The zero-order valence-corrected chi connectivity index (χ0v) is 13.8. The highest BCUT2D eigenvalue weighted by Gasteiger charge is 2.52. The number of rotatable bonds is 8. The first-order chi connectivity index (χ1) is 9.85. The Balaban J connectivity index is 2.82. The van der Waals surface area contributed by atoms with E-state index in [1.54, 1.807) is 18.9 Å². The number of piperazine rings is 1. The van der Waals surface area contributed by atoms with E-state index < -0.39 is 11.1 Å². The molecule has 0 saturated carbocycles. The van der Waals surface area contributed by atoms with E-state index in [9.17, 15) is 9.59 Å². The minimum atomic E-state index is -0.821. The van der Waals surface area contributed by atoms with Gasteiger partial charge in [-0.05, 0) is 26.7 Å². The molecule has 2 amide bonds. The van der Waals surface area contributed by atoms with E-state index in [0.29, 0.717) is 39.2 Å². The van der Waals surface area contributed by atoms with Crippen LogP contribution in [-0.2, 0) is 19.1 Å². The Kier molecular flexibility index (Phi) is 6.16. The van der Waals surface area contributed by atoms with Crippen LogP contribution in [-0.4, -0.2) is 61.3 Å². The van der Waals surface area contributed by atoms with E-state index in [2.05, 4.69) is 5.32 Å². The van der Waals surface area contributed by atoms with Gasteiger partial charge in [-0.3, -0.25) is 9.59 Å². The lowest BCUT2D eigenvalue weighted by Crippen LogP contribution is -2.74. The molecule has 0 aromatic heterocycles. The fourth-order valence-corrected chi connectivity index (χ4v) is 2.42. The van der Waals surface area contributed by atoms with E-state index in [1.807, 2.05) is 20.8 Å². The van der Waals surface area contributed by atoms with Crippen molar-refractivity contribution in [3.8, 4) is 0 Å². The molecule has 0 radical (unpaired) electrons. The van der Waals surface area contributed by atoms with Crippen LogP contribution in [0.15, 0.2) is 0 Å². The van der Waals surface area contributed by atoms with Crippen molar-refractivity contribution in [2.45, 2.75) is 51.6 Å². The molecule has 0 aromatic carbocycles. The van der Waals surface area contributed by atoms with Crippen molar-refractivity contribution in [3.63, 3.8) is 0 Å². The van der Waals surface area contributed by atoms with Gasteiger partial charge in [0.15, 0.2) is 0 Å². The summed E-state index contributed by atoms with van der Waals surface area (Å²) >= 11 is 0. The predicted octanol–water partition coefficient (Wildman–Crippen LogP) is 0.945. The van der Waals surface area contributed by atoms with Crippen molar-refractivity contribution in [3.05, 3.63) is 0 Å². The minimum absolute atomic E-state index is 0.0377. The molecule has 6 heteroatoms.